The van der Waals surface area contributed by atoms with E-state index in [2.05, 4.69) is 10.1 Å². The first-order chi connectivity index (χ1) is 15.0. The molecule has 154 valence electrons. The lowest BCUT2D eigenvalue weighted by molar-refractivity contribution is 0.0462. The number of ketones is 1. The summed E-state index contributed by atoms with van der Waals surface area (Å²) in [6.07, 6.45) is 0. The van der Waals surface area contributed by atoms with E-state index in [0.29, 0.717) is 22.0 Å². The molecule has 0 fully saturated rings. The number of hydrogen-bond donors (Lipinski definition) is 0. The van der Waals surface area contributed by atoms with Crippen LogP contribution < -0.4 is 0 Å². The smallest absolute Gasteiger partial charge is 0.378 e. The average molecular weight is 432 g/mol. The molecule has 0 aliphatic carbocycles. The van der Waals surface area contributed by atoms with Crippen molar-refractivity contribution in [2.45, 2.75) is 6.92 Å². The lowest BCUT2D eigenvalue weighted by atomic mass is 10.1. The van der Waals surface area contributed by atoms with Gasteiger partial charge in [0.2, 0.25) is 0 Å². The van der Waals surface area contributed by atoms with Crippen molar-refractivity contribution in [2.75, 3.05) is 6.61 Å². The van der Waals surface area contributed by atoms with E-state index in [9.17, 15) is 9.59 Å². The third-order valence-corrected chi connectivity index (χ3v) is 4.82. The molecule has 31 heavy (non-hydrogen) atoms. The van der Waals surface area contributed by atoms with Gasteiger partial charge in [0.05, 0.1) is 5.69 Å². The van der Waals surface area contributed by atoms with Crippen molar-refractivity contribution in [1.29, 1.82) is 0 Å². The summed E-state index contributed by atoms with van der Waals surface area (Å²) in [5.74, 6) is -0.787. The van der Waals surface area contributed by atoms with Crippen LogP contribution >= 0.6 is 11.6 Å². The molecular formula is C24H18ClN3O3. The Balaban J connectivity index is 1.63. The van der Waals surface area contributed by atoms with Crippen molar-refractivity contribution >= 4 is 23.4 Å². The lowest BCUT2D eigenvalue weighted by Gasteiger charge is -2.06. The van der Waals surface area contributed by atoms with Gasteiger partial charge in [-0.3, -0.25) is 4.79 Å². The fourth-order valence-electron chi connectivity index (χ4n) is 2.98. The molecule has 0 aliphatic heterocycles. The van der Waals surface area contributed by atoms with Crippen LogP contribution in [-0.4, -0.2) is 33.1 Å². The van der Waals surface area contributed by atoms with E-state index in [1.54, 1.807) is 47.1 Å². The highest BCUT2D eigenvalue weighted by molar-refractivity contribution is 6.30. The maximum absolute atomic E-state index is 12.6. The van der Waals surface area contributed by atoms with Gasteiger partial charge in [-0.1, -0.05) is 71.8 Å². The number of Topliss-reactive ketones (excluding diaryl/α,β-unsaturated/α-hetero) is 1. The highest BCUT2D eigenvalue weighted by atomic mass is 35.5. The second kappa shape index (κ2) is 8.93. The lowest BCUT2D eigenvalue weighted by Crippen LogP contribution is -2.15. The van der Waals surface area contributed by atoms with Crippen LogP contribution in [0.5, 0.6) is 0 Å². The Morgan fingerprint density at radius 1 is 0.968 bits per heavy atom. The first kappa shape index (κ1) is 20.5. The molecular weight excluding hydrogens is 414 g/mol. The second-order valence-corrected chi connectivity index (χ2v) is 7.32. The van der Waals surface area contributed by atoms with Crippen LogP contribution in [0.3, 0.4) is 0 Å². The third-order valence-electron chi connectivity index (χ3n) is 4.58. The Labute approximate surface area is 184 Å². The number of rotatable bonds is 6. The molecule has 6 nitrogen and oxygen atoms in total. The number of benzene rings is 3. The zero-order chi connectivity index (χ0) is 21.8. The molecule has 0 atom stereocenters. The maximum atomic E-state index is 12.6. The van der Waals surface area contributed by atoms with Gasteiger partial charge in [0, 0.05) is 16.1 Å². The Kier molecular flexibility index (Phi) is 5.91. The van der Waals surface area contributed by atoms with Gasteiger partial charge in [-0.25, -0.2) is 14.5 Å². The van der Waals surface area contributed by atoms with E-state index in [1.165, 1.54) is 0 Å². The van der Waals surface area contributed by atoms with E-state index in [1.807, 2.05) is 43.3 Å². The van der Waals surface area contributed by atoms with Gasteiger partial charge in [-0.05, 0) is 31.2 Å². The van der Waals surface area contributed by atoms with E-state index >= 15 is 0 Å². The van der Waals surface area contributed by atoms with E-state index in [4.69, 9.17) is 16.3 Å². The largest absolute Gasteiger partial charge is 0.451 e. The summed E-state index contributed by atoms with van der Waals surface area (Å²) in [7, 11) is 0. The van der Waals surface area contributed by atoms with Crippen molar-refractivity contribution in [2.24, 2.45) is 0 Å². The fourth-order valence-corrected chi connectivity index (χ4v) is 3.17. The number of nitrogens with zero attached hydrogens (tertiary/aromatic N) is 3. The van der Waals surface area contributed by atoms with Crippen LogP contribution in [-0.2, 0) is 4.74 Å². The summed E-state index contributed by atoms with van der Waals surface area (Å²) in [6, 6.07) is 23.4. The van der Waals surface area contributed by atoms with E-state index in [0.717, 1.165) is 11.3 Å². The summed E-state index contributed by atoms with van der Waals surface area (Å²) in [5.41, 5.74) is 2.98. The molecule has 0 saturated carbocycles. The van der Waals surface area contributed by atoms with E-state index in [-0.39, 0.29) is 11.6 Å². The maximum Gasteiger partial charge on any atom is 0.378 e. The zero-order valence-electron chi connectivity index (χ0n) is 16.7. The molecule has 0 amide bonds. The number of carbonyl (C=O) groups excluding carboxylic acids is 2. The van der Waals surface area contributed by atoms with Crippen LogP contribution in [0.1, 0.15) is 26.5 Å². The summed E-state index contributed by atoms with van der Waals surface area (Å²) < 4.78 is 6.73. The molecule has 0 unspecified atom stereocenters. The van der Waals surface area contributed by atoms with Crippen LogP contribution in [0.4, 0.5) is 0 Å². The first-order valence-electron chi connectivity index (χ1n) is 9.57. The van der Waals surface area contributed by atoms with Crippen LogP contribution in [0.2, 0.25) is 5.02 Å². The Bertz CT molecular complexity index is 1230. The van der Waals surface area contributed by atoms with Gasteiger partial charge >= 0.3 is 5.97 Å². The number of aromatic nitrogens is 3. The topological polar surface area (TPSA) is 74.1 Å². The fraction of sp³-hybridized carbons (Fsp3) is 0.0833. The Morgan fingerprint density at radius 3 is 2.42 bits per heavy atom. The number of ether oxygens (including phenoxy) is 1. The van der Waals surface area contributed by atoms with Gasteiger partial charge < -0.3 is 4.74 Å². The second-order valence-electron chi connectivity index (χ2n) is 6.88. The highest BCUT2D eigenvalue weighted by Crippen LogP contribution is 2.24. The molecule has 0 N–H and O–H groups in total. The molecule has 0 aliphatic rings. The SMILES string of the molecule is Cc1ccc(-n2nc(C(=O)OCC(=O)c3ccccc3)nc2-c2cccc(Cl)c2)cc1. The van der Waals surface area contributed by atoms with Crippen LogP contribution in [0.25, 0.3) is 17.1 Å². The molecule has 3 aromatic carbocycles. The molecule has 1 heterocycles. The number of halogens is 1. The van der Waals surface area contributed by atoms with Gasteiger partial charge in [0.1, 0.15) is 0 Å². The summed E-state index contributed by atoms with van der Waals surface area (Å²) >= 11 is 6.14. The van der Waals surface area contributed by atoms with Crippen molar-refractivity contribution in [3.05, 3.63) is 101 Å². The van der Waals surface area contributed by atoms with E-state index < -0.39 is 12.6 Å². The Hall–Kier alpha value is -3.77. The predicted octanol–water partition coefficient (Wildman–Crippen LogP) is 4.94. The van der Waals surface area contributed by atoms with Gasteiger partial charge in [-0.2, -0.15) is 0 Å². The molecule has 4 rings (SSSR count). The minimum atomic E-state index is -0.779. The molecule has 1 aromatic heterocycles. The van der Waals surface area contributed by atoms with Gasteiger partial charge in [0.25, 0.3) is 5.82 Å². The minimum absolute atomic E-state index is 0.142. The van der Waals surface area contributed by atoms with Crippen LogP contribution in [0.15, 0.2) is 78.9 Å². The number of carbonyl (C=O) groups is 2. The van der Waals surface area contributed by atoms with Crippen LogP contribution in [0, 0.1) is 6.92 Å². The van der Waals surface area contributed by atoms with Gasteiger partial charge in [-0.15, -0.1) is 5.10 Å². The zero-order valence-corrected chi connectivity index (χ0v) is 17.4. The van der Waals surface area contributed by atoms with Crippen molar-refractivity contribution in [3.8, 4) is 17.1 Å². The number of aryl methyl sites for hydroxylation is 1. The summed E-state index contributed by atoms with van der Waals surface area (Å²) in [5, 5.41) is 4.88. The first-order valence-corrected chi connectivity index (χ1v) is 9.94. The number of hydrogen-bond acceptors (Lipinski definition) is 5. The molecule has 4 aromatic rings. The molecule has 0 spiro atoms. The standard InChI is InChI=1S/C24H18ClN3O3/c1-16-10-12-20(13-11-16)28-23(18-8-5-9-19(25)14-18)26-22(27-28)24(30)31-15-21(29)17-6-3-2-4-7-17/h2-14H,15H2,1H3. The normalized spacial score (nSPS) is 10.6. The summed E-state index contributed by atoms with van der Waals surface area (Å²) in [6.45, 7) is 1.59. The van der Waals surface area contributed by atoms with Gasteiger partial charge in [0.15, 0.2) is 18.2 Å². The molecule has 0 bridgehead atoms. The summed E-state index contributed by atoms with van der Waals surface area (Å²) in [4.78, 5) is 29.2. The molecule has 7 heteroatoms. The minimum Gasteiger partial charge on any atom is -0.451 e. The third kappa shape index (κ3) is 4.70. The van der Waals surface area contributed by atoms with Crippen molar-refractivity contribution < 1.29 is 14.3 Å². The predicted molar refractivity (Wildman–Crippen MR) is 118 cm³/mol. The molecule has 0 saturated heterocycles. The highest BCUT2D eigenvalue weighted by Gasteiger charge is 2.21. The Morgan fingerprint density at radius 2 is 1.71 bits per heavy atom. The monoisotopic (exact) mass is 431 g/mol. The number of esters is 1. The van der Waals surface area contributed by atoms with Crippen molar-refractivity contribution in [1.82, 2.24) is 14.8 Å². The quantitative estimate of drug-likeness (QED) is 0.319. The molecule has 0 radical (unpaired) electrons. The van der Waals surface area contributed by atoms with Crippen molar-refractivity contribution in [3.63, 3.8) is 0 Å². The average Bonchev–Trinajstić information content (AvgIpc) is 3.24.